The lowest BCUT2D eigenvalue weighted by atomic mass is 10.0. The number of carbonyl (C=O) groups excluding carboxylic acids is 1. The van der Waals surface area contributed by atoms with Crippen LogP contribution < -0.4 is 0 Å². The molecule has 0 aliphatic rings. The molecule has 0 radical (unpaired) electrons. The summed E-state index contributed by atoms with van der Waals surface area (Å²) in [5.74, 6) is -0.359. The molecule has 0 atom stereocenters. The molecule has 2 rings (SSSR count). The predicted molar refractivity (Wildman–Crippen MR) is 70.4 cm³/mol. The standard InChI is InChI=1S/C13H9ClN2O3/c14-11-5-6-15-8-9(11)7-13(17)10-3-1-2-4-12(10)16(18)19/h1-6,8H,7H2. The van der Waals surface area contributed by atoms with Crippen molar-refractivity contribution in [3.63, 3.8) is 0 Å². The van der Waals surface area contributed by atoms with E-state index in [1.165, 1.54) is 30.6 Å². The summed E-state index contributed by atoms with van der Waals surface area (Å²) in [5.41, 5.74) is 0.423. The number of rotatable bonds is 4. The van der Waals surface area contributed by atoms with Crippen LogP contribution in [0.2, 0.25) is 5.02 Å². The third-order valence-corrected chi connectivity index (χ3v) is 2.96. The zero-order valence-electron chi connectivity index (χ0n) is 9.75. The molecular formula is C13H9ClN2O3. The number of para-hydroxylation sites is 1. The van der Waals surface area contributed by atoms with Crippen LogP contribution in [0.4, 0.5) is 5.69 Å². The molecule has 1 aromatic carbocycles. The van der Waals surface area contributed by atoms with Gasteiger partial charge in [-0.3, -0.25) is 19.9 Å². The number of benzene rings is 1. The Morgan fingerprint density at radius 1 is 1.32 bits per heavy atom. The van der Waals surface area contributed by atoms with Crippen molar-refractivity contribution in [1.82, 2.24) is 4.98 Å². The Balaban J connectivity index is 2.31. The summed E-state index contributed by atoms with van der Waals surface area (Å²) in [6, 6.07) is 7.42. The van der Waals surface area contributed by atoms with Crippen molar-refractivity contribution in [3.8, 4) is 0 Å². The van der Waals surface area contributed by atoms with E-state index in [0.29, 0.717) is 10.6 Å². The lowest BCUT2D eigenvalue weighted by molar-refractivity contribution is -0.385. The number of aromatic nitrogens is 1. The van der Waals surface area contributed by atoms with Crippen LogP contribution >= 0.6 is 11.6 Å². The zero-order chi connectivity index (χ0) is 13.8. The highest BCUT2D eigenvalue weighted by Crippen LogP contribution is 2.21. The quantitative estimate of drug-likeness (QED) is 0.489. The number of hydrogen-bond acceptors (Lipinski definition) is 4. The Morgan fingerprint density at radius 2 is 2.05 bits per heavy atom. The molecular weight excluding hydrogens is 268 g/mol. The molecule has 19 heavy (non-hydrogen) atoms. The van der Waals surface area contributed by atoms with E-state index in [-0.39, 0.29) is 23.5 Å². The molecule has 5 nitrogen and oxygen atoms in total. The van der Waals surface area contributed by atoms with Gasteiger partial charge in [-0.15, -0.1) is 0 Å². The van der Waals surface area contributed by atoms with Gasteiger partial charge in [-0.25, -0.2) is 0 Å². The summed E-state index contributed by atoms with van der Waals surface area (Å²) >= 11 is 5.93. The van der Waals surface area contributed by atoms with Crippen molar-refractivity contribution < 1.29 is 9.72 Å². The Hall–Kier alpha value is -2.27. The lowest BCUT2D eigenvalue weighted by Crippen LogP contribution is -2.07. The Bertz CT molecular complexity index is 643. The van der Waals surface area contributed by atoms with Crippen LogP contribution in [-0.2, 0) is 6.42 Å². The van der Waals surface area contributed by atoms with Crippen molar-refractivity contribution in [2.45, 2.75) is 6.42 Å². The van der Waals surface area contributed by atoms with E-state index in [9.17, 15) is 14.9 Å². The van der Waals surface area contributed by atoms with E-state index in [1.54, 1.807) is 12.1 Å². The second-order valence-corrected chi connectivity index (χ2v) is 4.25. The number of carbonyl (C=O) groups is 1. The third-order valence-electron chi connectivity index (χ3n) is 2.60. The number of halogens is 1. The highest BCUT2D eigenvalue weighted by atomic mass is 35.5. The Labute approximate surface area is 114 Å². The summed E-state index contributed by atoms with van der Waals surface area (Å²) in [7, 11) is 0. The van der Waals surface area contributed by atoms with Gasteiger partial charge in [-0.2, -0.15) is 0 Å². The number of hydrogen-bond donors (Lipinski definition) is 0. The maximum atomic E-state index is 12.1. The fourth-order valence-corrected chi connectivity index (χ4v) is 1.85. The average Bonchev–Trinajstić information content (AvgIpc) is 2.41. The van der Waals surface area contributed by atoms with E-state index < -0.39 is 4.92 Å². The molecule has 0 bridgehead atoms. The largest absolute Gasteiger partial charge is 0.294 e. The number of nitro groups is 1. The third kappa shape index (κ3) is 2.95. The molecule has 0 spiro atoms. The predicted octanol–water partition coefficient (Wildman–Crippen LogP) is 3.07. The van der Waals surface area contributed by atoms with Gasteiger partial charge in [-0.05, 0) is 17.7 Å². The van der Waals surface area contributed by atoms with Gasteiger partial charge < -0.3 is 0 Å². The fraction of sp³-hybridized carbons (Fsp3) is 0.0769. The van der Waals surface area contributed by atoms with Gasteiger partial charge in [-0.1, -0.05) is 23.7 Å². The van der Waals surface area contributed by atoms with Gasteiger partial charge in [0.05, 0.1) is 10.5 Å². The summed E-state index contributed by atoms with van der Waals surface area (Å²) in [6.45, 7) is 0. The highest BCUT2D eigenvalue weighted by Gasteiger charge is 2.19. The molecule has 96 valence electrons. The number of Topliss-reactive ketones (excluding diaryl/α,β-unsaturated/α-hetero) is 1. The molecule has 0 unspecified atom stereocenters. The van der Waals surface area contributed by atoms with Crippen LogP contribution in [0.1, 0.15) is 15.9 Å². The molecule has 0 aliphatic heterocycles. The molecule has 0 aliphatic carbocycles. The molecule has 2 aromatic rings. The van der Waals surface area contributed by atoms with Crippen molar-refractivity contribution in [2.75, 3.05) is 0 Å². The highest BCUT2D eigenvalue weighted by molar-refractivity contribution is 6.31. The maximum Gasteiger partial charge on any atom is 0.280 e. The zero-order valence-corrected chi connectivity index (χ0v) is 10.5. The number of pyridine rings is 1. The first-order chi connectivity index (χ1) is 9.09. The van der Waals surface area contributed by atoms with E-state index in [0.717, 1.165) is 0 Å². The molecule has 1 aromatic heterocycles. The Morgan fingerprint density at radius 3 is 2.74 bits per heavy atom. The van der Waals surface area contributed by atoms with Crippen molar-refractivity contribution in [3.05, 3.63) is 69.0 Å². The van der Waals surface area contributed by atoms with Crippen LogP contribution in [0.15, 0.2) is 42.7 Å². The van der Waals surface area contributed by atoms with Gasteiger partial charge in [0.1, 0.15) is 0 Å². The normalized spacial score (nSPS) is 10.2. The number of ketones is 1. The number of nitrogens with zero attached hydrogens (tertiary/aromatic N) is 2. The van der Waals surface area contributed by atoms with E-state index in [1.807, 2.05) is 0 Å². The van der Waals surface area contributed by atoms with Crippen molar-refractivity contribution in [1.29, 1.82) is 0 Å². The van der Waals surface area contributed by atoms with E-state index in [2.05, 4.69) is 4.98 Å². The minimum Gasteiger partial charge on any atom is -0.294 e. The Kier molecular flexibility index (Phi) is 3.87. The van der Waals surface area contributed by atoms with Crippen LogP contribution in [0, 0.1) is 10.1 Å². The van der Waals surface area contributed by atoms with Gasteiger partial charge in [0.15, 0.2) is 5.78 Å². The van der Waals surface area contributed by atoms with Crippen LogP contribution in [-0.4, -0.2) is 15.7 Å². The van der Waals surface area contributed by atoms with Crippen LogP contribution in [0.5, 0.6) is 0 Å². The minimum absolute atomic E-state index is 0.0163. The number of nitro benzene ring substituents is 1. The van der Waals surface area contributed by atoms with Crippen LogP contribution in [0.3, 0.4) is 0 Å². The molecule has 0 saturated carbocycles. The molecule has 6 heteroatoms. The first-order valence-corrected chi connectivity index (χ1v) is 5.82. The van der Waals surface area contributed by atoms with Crippen molar-refractivity contribution in [2.24, 2.45) is 0 Å². The van der Waals surface area contributed by atoms with E-state index in [4.69, 9.17) is 11.6 Å². The first-order valence-electron chi connectivity index (χ1n) is 5.44. The summed E-state index contributed by atoms with van der Waals surface area (Å²) < 4.78 is 0. The van der Waals surface area contributed by atoms with Crippen LogP contribution in [0.25, 0.3) is 0 Å². The van der Waals surface area contributed by atoms with Gasteiger partial charge in [0, 0.05) is 29.9 Å². The minimum atomic E-state index is -0.571. The summed E-state index contributed by atoms with van der Waals surface area (Å²) in [4.78, 5) is 26.3. The van der Waals surface area contributed by atoms with Gasteiger partial charge in [0.2, 0.25) is 0 Å². The average molecular weight is 277 g/mol. The fourth-order valence-electron chi connectivity index (χ4n) is 1.68. The molecule has 0 fully saturated rings. The topological polar surface area (TPSA) is 73.1 Å². The second kappa shape index (κ2) is 5.58. The SMILES string of the molecule is O=C(Cc1cnccc1Cl)c1ccccc1[N+](=O)[O-]. The summed E-state index contributed by atoms with van der Waals surface area (Å²) in [5, 5.41) is 11.3. The van der Waals surface area contributed by atoms with E-state index >= 15 is 0 Å². The summed E-state index contributed by atoms with van der Waals surface area (Å²) in [6.07, 6.45) is 2.98. The molecule has 0 saturated heterocycles. The van der Waals surface area contributed by atoms with Crippen molar-refractivity contribution >= 4 is 23.1 Å². The van der Waals surface area contributed by atoms with Gasteiger partial charge >= 0.3 is 0 Å². The smallest absolute Gasteiger partial charge is 0.280 e. The molecule has 0 amide bonds. The monoisotopic (exact) mass is 276 g/mol. The molecule has 0 N–H and O–H groups in total. The second-order valence-electron chi connectivity index (χ2n) is 3.84. The first kappa shape index (κ1) is 13.2. The molecule has 1 heterocycles. The maximum absolute atomic E-state index is 12.1. The lowest BCUT2D eigenvalue weighted by Gasteiger charge is -2.03. The van der Waals surface area contributed by atoms with Gasteiger partial charge in [0.25, 0.3) is 5.69 Å².